The van der Waals surface area contributed by atoms with Crippen LogP contribution < -0.4 is 4.90 Å². The summed E-state index contributed by atoms with van der Waals surface area (Å²) in [5, 5.41) is 1.08. The van der Waals surface area contributed by atoms with Crippen molar-refractivity contribution in [1.29, 1.82) is 0 Å². The first-order valence-electron chi connectivity index (χ1n) is 7.53. The molecule has 122 valence electrons. The molecular weight excluding hydrogens is 321 g/mol. The Morgan fingerprint density at radius 3 is 2.68 bits per heavy atom. The van der Waals surface area contributed by atoms with Crippen molar-refractivity contribution in [2.75, 3.05) is 25.0 Å². The molecule has 1 aliphatic heterocycles. The van der Waals surface area contributed by atoms with Gasteiger partial charge < -0.3 is 9.80 Å². The van der Waals surface area contributed by atoms with Crippen molar-refractivity contribution >= 4 is 34.9 Å². The average molecular weight is 344 g/mol. The van der Waals surface area contributed by atoms with Gasteiger partial charge in [0.2, 0.25) is 5.91 Å². The third kappa shape index (κ3) is 3.85. The highest BCUT2D eigenvalue weighted by molar-refractivity contribution is 6.36. The molecule has 0 saturated carbocycles. The van der Waals surface area contributed by atoms with E-state index in [2.05, 4.69) is 9.88 Å². The number of hydrogen-bond acceptors (Lipinski definition) is 3. The molecule has 1 atom stereocenters. The summed E-state index contributed by atoms with van der Waals surface area (Å²) in [5.41, 5.74) is -0.368. The quantitative estimate of drug-likeness (QED) is 0.817. The van der Waals surface area contributed by atoms with Crippen molar-refractivity contribution in [1.82, 2.24) is 9.88 Å². The molecule has 1 saturated heterocycles. The van der Waals surface area contributed by atoms with Crippen LogP contribution >= 0.6 is 23.2 Å². The van der Waals surface area contributed by atoms with E-state index >= 15 is 0 Å². The summed E-state index contributed by atoms with van der Waals surface area (Å²) in [6.45, 7) is 7.48. The van der Waals surface area contributed by atoms with Gasteiger partial charge in [-0.2, -0.15) is 0 Å². The molecular formula is C16H23Cl2N3O. The normalized spacial score (nSPS) is 19.2. The van der Waals surface area contributed by atoms with Gasteiger partial charge in [0.1, 0.15) is 5.82 Å². The van der Waals surface area contributed by atoms with Crippen LogP contribution in [0.1, 0.15) is 33.6 Å². The maximum Gasteiger partial charge on any atom is 0.227 e. The van der Waals surface area contributed by atoms with Crippen LogP contribution in [0, 0.1) is 5.41 Å². The minimum atomic E-state index is -0.368. The number of amides is 1. The molecule has 0 N–H and O–H groups in total. The third-order valence-electron chi connectivity index (χ3n) is 3.99. The lowest BCUT2D eigenvalue weighted by atomic mass is 9.93. The Kier molecular flexibility index (Phi) is 5.23. The number of likely N-dealkylation sites (N-methyl/N-ethyl adjacent to an activating group) is 1. The van der Waals surface area contributed by atoms with Gasteiger partial charge in [-0.15, -0.1) is 0 Å². The van der Waals surface area contributed by atoms with Gasteiger partial charge in [-0.05, 0) is 18.9 Å². The van der Waals surface area contributed by atoms with Crippen molar-refractivity contribution in [3.63, 3.8) is 0 Å². The van der Waals surface area contributed by atoms with Gasteiger partial charge in [0.15, 0.2) is 0 Å². The Morgan fingerprint density at radius 1 is 1.41 bits per heavy atom. The highest BCUT2D eigenvalue weighted by atomic mass is 35.5. The van der Waals surface area contributed by atoms with Crippen LogP contribution in [0.5, 0.6) is 0 Å². The summed E-state index contributed by atoms with van der Waals surface area (Å²) in [4.78, 5) is 20.8. The number of carbonyl (C=O) groups excluding carboxylic acids is 1. The molecule has 6 heteroatoms. The van der Waals surface area contributed by atoms with Crippen molar-refractivity contribution in [3.8, 4) is 0 Å². The molecule has 22 heavy (non-hydrogen) atoms. The lowest BCUT2D eigenvalue weighted by Gasteiger charge is -2.40. The Morgan fingerprint density at radius 2 is 2.09 bits per heavy atom. The monoisotopic (exact) mass is 343 g/mol. The van der Waals surface area contributed by atoms with Crippen LogP contribution in [-0.2, 0) is 4.79 Å². The van der Waals surface area contributed by atoms with E-state index in [1.165, 1.54) is 0 Å². The first-order valence-corrected chi connectivity index (χ1v) is 8.29. The number of aromatic nitrogens is 1. The van der Waals surface area contributed by atoms with Crippen LogP contribution in [0.3, 0.4) is 0 Å². The maximum atomic E-state index is 12.5. The van der Waals surface area contributed by atoms with Crippen molar-refractivity contribution in [2.24, 2.45) is 5.41 Å². The second kappa shape index (κ2) is 6.63. The maximum absolute atomic E-state index is 12.5. The number of carbonyl (C=O) groups is 1. The van der Waals surface area contributed by atoms with Gasteiger partial charge >= 0.3 is 0 Å². The predicted molar refractivity (Wildman–Crippen MR) is 91.7 cm³/mol. The number of piperidine rings is 1. The standard InChI is InChI=1S/C16H23Cl2N3O/c1-16(2,3)15(22)20(4)12-6-5-7-21(10-12)14-13(18)8-11(17)9-19-14/h8-9,12H,5-7,10H2,1-4H3. The van der Waals surface area contributed by atoms with Crippen LogP contribution in [0.4, 0.5) is 5.82 Å². The molecule has 0 radical (unpaired) electrons. The van der Waals surface area contributed by atoms with Crippen molar-refractivity contribution in [2.45, 2.75) is 39.7 Å². The van der Waals surface area contributed by atoms with Crippen LogP contribution in [0.15, 0.2) is 12.3 Å². The van der Waals surface area contributed by atoms with E-state index in [4.69, 9.17) is 23.2 Å². The third-order valence-corrected chi connectivity index (χ3v) is 4.48. The second-order valence-corrected chi connectivity index (χ2v) is 7.71. The van der Waals surface area contributed by atoms with Crippen molar-refractivity contribution in [3.05, 3.63) is 22.3 Å². The molecule has 0 aliphatic carbocycles. The number of anilines is 1. The average Bonchev–Trinajstić information content (AvgIpc) is 2.45. The minimum absolute atomic E-state index is 0.162. The Bertz CT molecular complexity index is 557. The van der Waals surface area contributed by atoms with Crippen LogP contribution in [0.2, 0.25) is 10.0 Å². The molecule has 1 aromatic rings. The molecule has 2 heterocycles. The first kappa shape index (κ1) is 17.4. The number of nitrogens with zero attached hydrogens (tertiary/aromatic N) is 3. The number of hydrogen-bond donors (Lipinski definition) is 0. The summed E-state index contributed by atoms with van der Waals surface area (Å²) in [6.07, 6.45) is 3.61. The van der Waals surface area contributed by atoms with Gasteiger partial charge in [0.05, 0.1) is 10.0 Å². The number of rotatable bonds is 2. The lowest BCUT2D eigenvalue weighted by molar-refractivity contribution is -0.140. The molecule has 0 spiro atoms. The van der Waals surface area contributed by atoms with Crippen molar-refractivity contribution < 1.29 is 4.79 Å². The Hall–Kier alpha value is -1.000. The molecule has 1 aliphatic rings. The summed E-state index contributed by atoms with van der Waals surface area (Å²) in [6, 6.07) is 1.88. The second-order valence-electron chi connectivity index (χ2n) is 6.87. The summed E-state index contributed by atoms with van der Waals surface area (Å²) in [5.74, 6) is 0.905. The van der Waals surface area contributed by atoms with Gasteiger partial charge in [0, 0.05) is 37.8 Å². The van der Waals surface area contributed by atoms with E-state index in [9.17, 15) is 4.79 Å². The Balaban J connectivity index is 2.13. The van der Waals surface area contributed by atoms with E-state index < -0.39 is 0 Å². The summed E-state index contributed by atoms with van der Waals surface area (Å²) in [7, 11) is 1.89. The molecule has 0 aromatic carbocycles. The van der Waals surface area contributed by atoms with Gasteiger partial charge in [-0.3, -0.25) is 4.79 Å². The van der Waals surface area contributed by atoms with Gasteiger partial charge in [-0.1, -0.05) is 44.0 Å². The number of pyridine rings is 1. The molecule has 4 nitrogen and oxygen atoms in total. The number of halogens is 2. The highest BCUT2D eigenvalue weighted by Gasteiger charge is 2.32. The minimum Gasteiger partial charge on any atom is -0.353 e. The molecule has 2 rings (SSSR count). The smallest absolute Gasteiger partial charge is 0.227 e. The fourth-order valence-corrected chi connectivity index (χ4v) is 3.30. The first-order chi connectivity index (χ1) is 10.2. The zero-order chi connectivity index (χ0) is 16.5. The summed E-state index contributed by atoms with van der Waals surface area (Å²) < 4.78 is 0. The SMILES string of the molecule is CN(C(=O)C(C)(C)C)C1CCCN(c2ncc(Cl)cc2Cl)C1. The molecule has 0 bridgehead atoms. The molecule has 1 fully saturated rings. The fourth-order valence-electron chi connectivity index (χ4n) is 2.80. The molecule has 1 amide bonds. The van der Waals surface area contributed by atoms with Gasteiger partial charge in [0.25, 0.3) is 0 Å². The summed E-state index contributed by atoms with van der Waals surface area (Å²) >= 11 is 12.2. The zero-order valence-electron chi connectivity index (χ0n) is 13.6. The van der Waals surface area contributed by atoms with E-state index in [0.29, 0.717) is 10.0 Å². The van der Waals surface area contributed by atoms with E-state index in [1.54, 1.807) is 12.3 Å². The fraction of sp³-hybridized carbons (Fsp3) is 0.625. The largest absolute Gasteiger partial charge is 0.353 e. The zero-order valence-corrected chi connectivity index (χ0v) is 15.1. The van der Waals surface area contributed by atoms with Crippen LogP contribution in [-0.4, -0.2) is 42.0 Å². The molecule has 1 aromatic heterocycles. The van der Waals surface area contributed by atoms with E-state index in [1.807, 2.05) is 32.7 Å². The Labute approximate surface area is 142 Å². The topological polar surface area (TPSA) is 36.4 Å². The van der Waals surface area contributed by atoms with Crippen LogP contribution in [0.25, 0.3) is 0 Å². The lowest BCUT2D eigenvalue weighted by Crippen LogP contribution is -2.51. The van der Waals surface area contributed by atoms with E-state index in [-0.39, 0.29) is 17.4 Å². The molecule has 1 unspecified atom stereocenters. The highest BCUT2D eigenvalue weighted by Crippen LogP contribution is 2.30. The van der Waals surface area contributed by atoms with E-state index in [0.717, 1.165) is 31.7 Å². The predicted octanol–water partition coefficient (Wildman–Crippen LogP) is 3.86. The van der Waals surface area contributed by atoms with Gasteiger partial charge in [-0.25, -0.2) is 4.98 Å².